The van der Waals surface area contributed by atoms with E-state index in [0.29, 0.717) is 5.75 Å². The number of hydrogen-bond acceptors (Lipinski definition) is 5. The topological polar surface area (TPSA) is 62.6 Å². The van der Waals surface area contributed by atoms with Gasteiger partial charge in [-0.05, 0) is 82.9 Å². The van der Waals surface area contributed by atoms with E-state index in [-0.39, 0.29) is 23.6 Å². The zero-order valence-electron chi connectivity index (χ0n) is 20.8. The van der Waals surface area contributed by atoms with Gasteiger partial charge in [-0.25, -0.2) is 4.68 Å². The van der Waals surface area contributed by atoms with Crippen LogP contribution in [0.5, 0.6) is 5.75 Å². The highest BCUT2D eigenvalue weighted by atomic mass is 16.8. The van der Waals surface area contributed by atoms with Crippen molar-refractivity contribution < 1.29 is 19.0 Å². The third-order valence-electron chi connectivity index (χ3n) is 7.54. The first-order valence-corrected chi connectivity index (χ1v) is 12.2. The van der Waals surface area contributed by atoms with Gasteiger partial charge in [0, 0.05) is 11.8 Å². The van der Waals surface area contributed by atoms with Gasteiger partial charge < -0.3 is 14.2 Å². The van der Waals surface area contributed by atoms with Crippen LogP contribution >= 0.6 is 0 Å². The normalized spacial score (nSPS) is 30.4. The van der Waals surface area contributed by atoms with Crippen molar-refractivity contribution in [1.82, 2.24) is 9.78 Å². The molecule has 6 nitrogen and oxygen atoms in total. The highest BCUT2D eigenvalue weighted by Crippen LogP contribution is 2.58. The van der Waals surface area contributed by atoms with Crippen LogP contribution in [-0.2, 0) is 20.7 Å². The minimum absolute atomic E-state index is 0.0105. The molecule has 2 heterocycles. The second-order valence-electron chi connectivity index (χ2n) is 11.0. The zero-order chi connectivity index (χ0) is 24.3. The Morgan fingerprint density at radius 3 is 2.65 bits per heavy atom. The number of hydrogen-bond donors (Lipinski definition) is 0. The molecule has 1 unspecified atom stereocenters. The molecule has 6 heteroatoms. The maximum Gasteiger partial charge on any atom is 0.316 e. The molecule has 4 atom stereocenters. The van der Waals surface area contributed by atoms with E-state index in [9.17, 15) is 4.79 Å². The Bertz CT molecular complexity index is 1160. The molecule has 180 valence electrons. The van der Waals surface area contributed by atoms with Gasteiger partial charge in [0.25, 0.3) is 0 Å². The van der Waals surface area contributed by atoms with E-state index >= 15 is 0 Å². The first-order valence-electron chi connectivity index (χ1n) is 12.2. The first-order chi connectivity index (χ1) is 16.1. The van der Waals surface area contributed by atoms with Crippen LogP contribution in [0.15, 0.2) is 48.7 Å². The summed E-state index contributed by atoms with van der Waals surface area (Å²) in [6, 6.07) is 7.51. The van der Waals surface area contributed by atoms with Gasteiger partial charge >= 0.3 is 5.97 Å². The number of carbonyl (C=O) groups is 1. The van der Waals surface area contributed by atoms with Crippen LogP contribution in [0.3, 0.4) is 0 Å². The third kappa shape index (κ3) is 3.55. The lowest BCUT2D eigenvalue weighted by Gasteiger charge is -2.51. The molecule has 0 radical (unpaired) electrons. The third-order valence-corrected chi connectivity index (χ3v) is 7.54. The van der Waals surface area contributed by atoms with Gasteiger partial charge in [-0.2, -0.15) is 5.10 Å². The Hall–Kier alpha value is -2.70. The summed E-state index contributed by atoms with van der Waals surface area (Å²) in [7, 11) is 0. The number of benzene rings is 1. The van der Waals surface area contributed by atoms with Gasteiger partial charge in [0.1, 0.15) is 11.9 Å². The van der Waals surface area contributed by atoms with Crippen LogP contribution in [0, 0.1) is 10.8 Å². The summed E-state index contributed by atoms with van der Waals surface area (Å²) >= 11 is 0. The van der Waals surface area contributed by atoms with Crippen LogP contribution in [0.4, 0.5) is 0 Å². The Morgan fingerprint density at radius 2 is 2.00 bits per heavy atom. The summed E-state index contributed by atoms with van der Waals surface area (Å²) in [4.78, 5) is 12.2. The molecule has 5 rings (SSSR count). The van der Waals surface area contributed by atoms with Crippen molar-refractivity contribution in [3.63, 3.8) is 0 Å². The van der Waals surface area contributed by atoms with Crippen LogP contribution < -0.4 is 4.74 Å². The second-order valence-corrected chi connectivity index (χ2v) is 11.0. The minimum Gasteiger partial charge on any atom is -0.426 e. The van der Waals surface area contributed by atoms with E-state index in [1.54, 1.807) is 0 Å². The number of ether oxygens (including phenoxy) is 3. The molecule has 1 aliphatic heterocycles. The number of aromatic nitrogens is 2. The van der Waals surface area contributed by atoms with Crippen molar-refractivity contribution in [3.8, 4) is 11.4 Å². The largest absolute Gasteiger partial charge is 0.426 e. The number of carbonyl (C=O) groups excluding carboxylic acids is 1. The molecule has 1 saturated heterocycles. The Kier molecular flexibility index (Phi) is 5.37. The fraction of sp³-hybridized carbons (Fsp3) is 0.500. The van der Waals surface area contributed by atoms with Gasteiger partial charge in [-0.1, -0.05) is 18.6 Å². The minimum atomic E-state index is -0.631. The Balaban J connectivity index is 1.44. The predicted octanol–water partition coefficient (Wildman–Crippen LogP) is 5.64. The predicted molar refractivity (Wildman–Crippen MR) is 131 cm³/mol. The molecule has 2 aromatic rings. The van der Waals surface area contributed by atoms with E-state index in [4.69, 9.17) is 19.3 Å². The van der Waals surface area contributed by atoms with E-state index in [1.807, 2.05) is 62.0 Å². The molecule has 1 spiro atoms. The molecular weight excluding hydrogens is 428 g/mol. The number of fused-ring (bicyclic) bond motifs is 3. The second kappa shape index (κ2) is 7.92. The quantitative estimate of drug-likeness (QED) is 0.336. The summed E-state index contributed by atoms with van der Waals surface area (Å²) in [5.41, 5.74) is 3.75. The van der Waals surface area contributed by atoms with Crippen LogP contribution in [0.1, 0.15) is 65.1 Å². The zero-order valence-corrected chi connectivity index (χ0v) is 20.8. The van der Waals surface area contributed by atoms with Crippen LogP contribution in [0.25, 0.3) is 11.8 Å². The smallest absolute Gasteiger partial charge is 0.316 e. The van der Waals surface area contributed by atoms with E-state index in [2.05, 4.69) is 26.5 Å². The van der Waals surface area contributed by atoms with Crippen molar-refractivity contribution >= 4 is 12.0 Å². The molecular formula is C28H34N2O4. The lowest BCUT2D eigenvalue weighted by molar-refractivity contribution is -0.245. The molecule has 0 N–H and O–H groups in total. The molecule has 1 saturated carbocycles. The number of esters is 1. The van der Waals surface area contributed by atoms with Crippen molar-refractivity contribution in [3.05, 3.63) is 59.9 Å². The van der Waals surface area contributed by atoms with Gasteiger partial charge in [0.2, 0.25) is 0 Å². The van der Waals surface area contributed by atoms with Gasteiger partial charge in [-0.15, -0.1) is 6.58 Å². The molecule has 1 aromatic heterocycles. The highest BCUT2D eigenvalue weighted by molar-refractivity contribution is 5.77. The van der Waals surface area contributed by atoms with Gasteiger partial charge in [0.05, 0.1) is 29.1 Å². The van der Waals surface area contributed by atoms with E-state index < -0.39 is 11.2 Å². The van der Waals surface area contributed by atoms with Crippen LogP contribution in [0.2, 0.25) is 0 Å². The standard InChI is InChI=1S/C28H34N2O4/c1-7-24-18(2)33-28(34-24)14-8-9-20-15-23-19(16-27(20,28)6)17-29-30(23)21-10-12-22(13-11-21)32-25(31)26(3,4)5/h7,10-13,15,17-18,24H,1,8-9,14,16H2,2-6H3/t18-,24-,27+,28?/m1/s1. The summed E-state index contributed by atoms with van der Waals surface area (Å²) in [6.45, 7) is 13.8. The molecule has 3 aliphatic rings. The average molecular weight is 463 g/mol. The van der Waals surface area contributed by atoms with Crippen molar-refractivity contribution in [2.45, 2.75) is 78.3 Å². The van der Waals surface area contributed by atoms with Crippen molar-refractivity contribution in [1.29, 1.82) is 0 Å². The summed E-state index contributed by atoms with van der Waals surface area (Å²) in [5, 5.41) is 4.71. The summed E-state index contributed by atoms with van der Waals surface area (Å²) in [5.74, 6) is -0.351. The molecule has 2 fully saturated rings. The lowest BCUT2D eigenvalue weighted by Crippen LogP contribution is -2.53. The van der Waals surface area contributed by atoms with Gasteiger partial charge in [0.15, 0.2) is 5.79 Å². The molecule has 2 aliphatic carbocycles. The number of nitrogens with zero attached hydrogens (tertiary/aromatic N) is 2. The fourth-order valence-corrected chi connectivity index (χ4v) is 5.47. The first kappa shape index (κ1) is 23.1. The Labute approximate surface area is 201 Å². The van der Waals surface area contributed by atoms with Crippen molar-refractivity contribution in [2.75, 3.05) is 0 Å². The average Bonchev–Trinajstić information content (AvgIpc) is 3.33. The van der Waals surface area contributed by atoms with E-state index in [0.717, 1.165) is 37.1 Å². The van der Waals surface area contributed by atoms with Crippen molar-refractivity contribution in [2.24, 2.45) is 10.8 Å². The number of rotatable bonds is 3. The maximum atomic E-state index is 12.2. The molecule has 0 amide bonds. The van der Waals surface area contributed by atoms with E-state index in [1.165, 1.54) is 11.1 Å². The molecule has 34 heavy (non-hydrogen) atoms. The fourth-order valence-electron chi connectivity index (χ4n) is 5.47. The monoisotopic (exact) mass is 462 g/mol. The Morgan fingerprint density at radius 1 is 1.26 bits per heavy atom. The summed E-state index contributed by atoms with van der Waals surface area (Å²) < 4.78 is 20.6. The van der Waals surface area contributed by atoms with Crippen LogP contribution in [-0.4, -0.2) is 33.7 Å². The lowest BCUT2D eigenvalue weighted by atomic mass is 9.62. The maximum absolute atomic E-state index is 12.2. The SMILES string of the molecule is C=C[C@H]1OC2(CCCC3=Cc4c(cnn4-c4ccc(OC(=O)C(C)(C)C)cc4)C[C@@]32C)O[C@@H]1C. The molecule has 0 bridgehead atoms. The highest BCUT2D eigenvalue weighted by Gasteiger charge is 2.60. The van der Waals surface area contributed by atoms with Gasteiger partial charge in [-0.3, -0.25) is 4.79 Å². The molecule has 1 aromatic carbocycles. The summed E-state index contributed by atoms with van der Waals surface area (Å²) in [6.07, 6.45) is 9.72.